The third-order valence-corrected chi connectivity index (χ3v) is 8.43. The van der Waals surface area contributed by atoms with Crippen molar-refractivity contribution in [1.82, 2.24) is 30.4 Å². The molecule has 2 amide bonds. The molecule has 1 unspecified atom stereocenters. The van der Waals surface area contributed by atoms with Gasteiger partial charge < -0.3 is 10.4 Å². The van der Waals surface area contributed by atoms with Gasteiger partial charge in [0.2, 0.25) is 11.1 Å². The van der Waals surface area contributed by atoms with Gasteiger partial charge in [-0.25, -0.2) is 9.48 Å². The summed E-state index contributed by atoms with van der Waals surface area (Å²) in [5.41, 5.74) is 0.271. The van der Waals surface area contributed by atoms with Crippen LogP contribution in [-0.4, -0.2) is 95.4 Å². The minimum Gasteiger partial charge on any atom is -0.477 e. The Hall–Kier alpha value is -1.82. The highest BCUT2D eigenvalue weighted by Gasteiger charge is 2.54. The highest BCUT2D eigenvalue weighted by Crippen LogP contribution is 2.41. The topological polar surface area (TPSA) is 185 Å². The number of carboxylic acids is 1. The number of tetrazole rings is 1. The van der Waals surface area contributed by atoms with E-state index in [1.165, 1.54) is 23.5 Å². The summed E-state index contributed by atoms with van der Waals surface area (Å²) in [6, 6.07) is -0.777. The number of rotatable bonds is 11. The van der Waals surface area contributed by atoms with Gasteiger partial charge in [0, 0.05) is 11.5 Å². The van der Waals surface area contributed by atoms with Crippen molar-refractivity contribution in [2.45, 2.75) is 35.8 Å². The number of carbonyl (C=O) groups is 3. The summed E-state index contributed by atoms with van der Waals surface area (Å²) in [5, 5.41) is 22.5. The van der Waals surface area contributed by atoms with Crippen molar-refractivity contribution in [3.8, 4) is 0 Å². The Morgan fingerprint density at radius 2 is 2.12 bits per heavy atom. The fraction of sp³-hybridized carbons (Fsp3) is 0.600. The quantitative estimate of drug-likeness (QED) is 0.146. The maximum Gasteiger partial charge on any atom is 0.352 e. The molecule has 0 radical (unpaired) electrons. The normalized spacial score (nSPS) is 20.7. The van der Waals surface area contributed by atoms with Crippen LogP contribution in [0.15, 0.2) is 16.4 Å². The number of fused-ring (bicyclic) bond motifs is 1. The summed E-state index contributed by atoms with van der Waals surface area (Å²) in [7, 11) is -4.37. The van der Waals surface area contributed by atoms with Crippen LogP contribution in [0.1, 0.15) is 13.3 Å². The van der Waals surface area contributed by atoms with Gasteiger partial charge in [0.15, 0.2) is 5.88 Å². The molecule has 2 aliphatic heterocycles. The van der Waals surface area contributed by atoms with Crippen LogP contribution in [0.2, 0.25) is 0 Å². The van der Waals surface area contributed by atoms with Gasteiger partial charge in [-0.2, -0.15) is 20.2 Å². The van der Waals surface area contributed by atoms with Gasteiger partial charge in [0.05, 0.1) is 5.75 Å². The van der Waals surface area contributed by atoms with Crippen molar-refractivity contribution >= 4 is 63.2 Å². The second-order valence-corrected chi connectivity index (χ2v) is 11.3. The minimum absolute atomic E-state index is 0.0663. The first-order chi connectivity index (χ1) is 15.1. The van der Waals surface area contributed by atoms with Crippen LogP contribution in [0.3, 0.4) is 0 Å². The molecule has 2 atom stereocenters. The molecule has 2 aliphatic rings. The zero-order chi connectivity index (χ0) is 23.5. The highest BCUT2D eigenvalue weighted by molar-refractivity contribution is 8.01. The Bertz CT molecular complexity index is 1040. The molecule has 0 aromatic carbocycles. The van der Waals surface area contributed by atoms with E-state index in [4.69, 9.17) is 4.55 Å². The maximum atomic E-state index is 12.6. The SMILES string of the molecule is CCCSCC(=O)NC1C(=O)N2C(C(=O)O)=C(CSc3nnnn3CS(=O)(=O)O)CS[C@H]12. The number of carboxylic acid groups (broad SMARTS) is 1. The first-order valence-electron chi connectivity index (χ1n) is 9.23. The highest BCUT2D eigenvalue weighted by atomic mass is 32.2. The number of carbonyl (C=O) groups excluding carboxylic acids is 2. The number of β-lactam (4-membered cyclic amide) rings is 1. The smallest absolute Gasteiger partial charge is 0.352 e. The van der Waals surface area contributed by atoms with Crippen LogP contribution in [-0.2, 0) is 30.4 Å². The van der Waals surface area contributed by atoms with Crippen LogP contribution in [0.4, 0.5) is 0 Å². The lowest BCUT2D eigenvalue weighted by atomic mass is 10.0. The Balaban J connectivity index is 1.68. The number of hydrogen-bond donors (Lipinski definition) is 3. The molecule has 1 saturated heterocycles. The van der Waals surface area contributed by atoms with E-state index in [1.54, 1.807) is 0 Å². The molecule has 0 bridgehead atoms. The summed E-state index contributed by atoms with van der Waals surface area (Å²) in [5.74, 6) is -1.44. The molecule has 13 nitrogen and oxygen atoms in total. The third kappa shape index (κ3) is 5.75. The van der Waals surface area contributed by atoms with Gasteiger partial charge in [-0.15, -0.1) is 16.9 Å². The number of hydrogen-bond acceptors (Lipinski definition) is 11. The molecule has 3 rings (SSSR count). The van der Waals surface area contributed by atoms with E-state index in [9.17, 15) is 27.9 Å². The number of nitrogens with zero attached hydrogens (tertiary/aromatic N) is 5. The Kier molecular flexibility index (Phi) is 8.07. The summed E-state index contributed by atoms with van der Waals surface area (Å²) in [6.45, 7) is 2.00. The van der Waals surface area contributed by atoms with Gasteiger partial charge in [-0.05, 0) is 28.2 Å². The van der Waals surface area contributed by atoms with Crippen molar-refractivity contribution in [3.05, 3.63) is 11.3 Å². The predicted octanol–water partition coefficient (Wildman–Crippen LogP) is -0.508. The molecule has 1 aromatic heterocycles. The Morgan fingerprint density at radius 3 is 2.78 bits per heavy atom. The number of aromatic nitrogens is 4. The number of thioether (sulfide) groups is 3. The zero-order valence-corrected chi connectivity index (χ0v) is 20.0. The molecule has 1 fully saturated rings. The minimum atomic E-state index is -4.37. The number of aliphatic carboxylic acids is 1. The molecule has 3 heterocycles. The Morgan fingerprint density at radius 1 is 1.38 bits per heavy atom. The standard InChI is InChI=1S/C15H20N6O7S4/c1-2-3-29-6-9(22)16-10-12(23)21-11(14(24)25)8(4-30-13(10)21)5-31-15-17-18-19-20(15)7-32(26,27)28/h10,13H,2-7H2,1H3,(H,16,22)(H,24,25)(H,26,27,28)/t10?,13-/m1/s1. The van der Waals surface area contributed by atoms with Crippen molar-refractivity contribution in [3.63, 3.8) is 0 Å². The fourth-order valence-electron chi connectivity index (χ4n) is 3.01. The zero-order valence-electron chi connectivity index (χ0n) is 16.7. The van der Waals surface area contributed by atoms with E-state index in [-0.39, 0.29) is 28.3 Å². The van der Waals surface area contributed by atoms with Crippen LogP contribution >= 0.6 is 35.3 Å². The van der Waals surface area contributed by atoms with Gasteiger partial charge in [-0.1, -0.05) is 18.7 Å². The van der Waals surface area contributed by atoms with Crippen LogP contribution in [0.25, 0.3) is 0 Å². The predicted molar refractivity (Wildman–Crippen MR) is 117 cm³/mol. The van der Waals surface area contributed by atoms with E-state index in [1.807, 2.05) is 6.92 Å². The molecular weight excluding hydrogens is 504 g/mol. The van der Waals surface area contributed by atoms with Crippen molar-refractivity contribution < 1.29 is 32.5 Å². The molecule has 0 aliphatic carbocycles. The average molecular weight is 525 g/mol. The monoisotopic (exact) mass is 524 g/mol. The third-order valence-electron chi connectivity index (χ3n) is 4.31. The van der Waals surface area contributed by atoms with Crippen molar-refractivity contribution in [2.75, 3.05) is 23.0 Å². The molecule has 0 spiro atoms. The lowest BCUT2D eigenvalue weighted by molar-refractivity contribution is -0.150. The first-order valence-corrected chi connectivity index (χ1v) is 14.0. The molecule has 1 aromatic rings. The second-order valence-electron chi connectivity index (χ2n) is 6.73. The van der Waals surface area contributed by atoms with Crippen molar-refractivity contribution in [1.29, 1.82) is 0 Å². The van der Waals surface area contributed by atoms with Gasteiger partial charge >= 0.3 is 5.97 Å². The summed E-state index contributed by atoms with van der Waals surface area (Å²) >= 11 is 3.77. The summed E-state index contributed by atoms with van der Waals surface area (Å²) < 4.78 is 32.0. The van der Waals surface area contributed by atoms with E-state index in [0.29, 0.717) is 11.3 Å². The lowest BCUT2D eigenvalue weighted by Crippen LogP contribution is -2.70. The largest absolute Gasteiger partial charge is 0.477 e. The fourth-order valence-corrected chi connectivity index (χ4v) is 6.63. The maximum absolute atomic E-state index is 12.6. The summed E-state index contributed by atoms with van der Waals surface area (Å²) in [6.07, 6.45) is 0.933. The first kappa shape index (κ1) is 24.8. The van der Waals surface area contributed by atoms with Crippen LogP contribution in [0, 0.1) is 0 Å². The Labute approximate surface area is 195 Å². The average Bonchev–Trinajstić information content (AvgIpc) is 3.14. The summed E-state index contributed by atoms with van der Waals surface area (Å²) in [4.78, 5) is 37.7. The van der Waals surface area contributed by atoms with Crippen LogP contribution < -0.4 is 5.32 Å². The van der Waals surface area contributed by atoms with E-state index < -0.39 is 39.3 Å². The second kappa shape index (κ2) is 10.4. The van der Waals surface area contributed by atoms with Gasteiger partial charge in [0.25, 0.3) is 16.0 Å². The number of nitrogens with one attached hydrogen (secondary N) is 1. The molecule has 17 heteroatoms. The van der Waals surface area contributed by atoms with Gasteiger partial charge in [0.1, 0.15) is 17.1 Å². The molecule has 0 saturated carbocycles. The van der Waals surface area contributed by atoms with E-state index >= 15 is 0 Å². The molecule has 3 N–H and O–H groups in total. The molecular formula is C15H20N6O7S4. The molecule has 32 heavy (non-hydrogen) atoms. The number of amides is 2. The van der Waals surface area contributed by atoms with Crippen molar-refractivity contribution in [2.24, 2.45) is 0 Å². The van der Waals surface area contributed by atoms with E-state index in [0.717, 1.165) is 33.5 Å². The van der Waals surface area contributed by atoms with Crippen LogP contribution in [0.5, 0.6) is 0 Å². The van der Waals surface area contributed by atoms with Gasteiger partial charge in [-0.3, -0.25) is 19.0 Å². The lowest BCUT2D eigenvalue weighted by Gasteiger charge is -2.49. The molecule has 176 valence electrons. The van der Waals surface area contributed by atoms with E-state index in [2.05, 4.69) is 20.8 Å².